The Morgan fingerprint density at radius 1 is 1.44 bits per heavy atom. The monoisotopic (exact) mass is 139 g/mol. The highest BCUT2D eigenvalue weighted by Crippen LogP contribution is 2.21. The van der Waals surface area contributed by atoms with Gasteiger partial charge in [0.2, 0.25) is 0 Å². The molecule has 0 amide bonds. The van der Waals surface area contributed by atoms with Gasteiger partial charge in [-0.3, -0.25) is 4.98 Å². The average Bonchev–Trinajstić information content (AvgIpc) is 1.90. The van der Waals surface area contributed by atoms with Crippen molar-refractivity contribution in [3.8, 4) is 0 Å². The lowest BCUT2D eigenvalue weighted by Crippen LogP contribution is -1.97. The molecule has 0 aliphatic carbocycles. The van der Waals surface area contributed by atoms with Gasteiger partial charge in [-0.05, 0) is 24.7 Å². The zero-order valence-electron chi connectivity index (χ0n) is 5.70. The number of hydrogen-bond donors (Lipinski definition) is 0. The highest BCUT2D eigenvalue weighted by atomic mass is 31.1. The fraction of sp³-hybridized carbons (Fsp3) is 0.286. The molecule has 0 fully saturated rings. The Bertz CT molecular complexity index is 172. The topological polar surface area (TPSA) is 12.9 Å². The zero-order valence-corrected chi connectivity index (χ0v) is 6.60. The van der Waals surface area contributed by atoms with Crippen molar-refractivity contribution in [3.63, 3.8) is 0 Å². The van der Waals surface area contributed by atoms with Crippen LogP contribution in [0.3, 0.4) is 0 Å². The number of rotatable bonds is 1. The van der Waals surface area contributed by atoms with Gasteiger partial charge in [-0.15, -0.1) is 0 Å². The van der Waals surface area contributed by atoms with Crippen LogP contribution in [0.15, 0.2) is 24.5 Å². The normalized spacial score (nSPS) is 10.1. The van der Waals surface area contributed by atoms with Crippen LogP contribution in [0.5, 0.6) is 0 Å². The molecule has 0 aromatic carbocycles. The summed E-state index contributed by atoms with van der Waals surface area (Å²) in [5, 5.41) is 1.37. The van der Waals surface area contributed by atoms with Crippen LogP contribution in [0.1, 0.15) is 0 Å². The smallest absolute Gasteiger partial charge is 0.0344 e. The molecule has 0 atom stereocenters. The summed E-state index contributed by atoms with van der Waals surface area (Å²) in [5.41, 5.74) is 0. The predicted octanol–water partition coefficient (Wildman–Crippen LogP) is 1.45. The Kier molecular flexibility index (Phi) is 2.18. The number of hydrogen-bond acceptors (Lipinski definition) is 1. The van der Waals surface area contributed by atoms with Gasteiger partial charge < -0.3 is 0 Å². The molecule has 9 heavy (non-hydrogen) atoms. The van der Waals surface area contributed by atoms with Crippen LogP contribution >= 0.6 is 7.92 Å². The first kappa shape index (κ1) is 6.70. The summed E-state index contributed by atoms with van der Waals surface area (Å²) >= 11 is 0. The molecule has 1 aromatic heterocycles. The maximum Gasteiger partial charge on any atom is 0.0344 e. The van der Waals surface area contributed by atoms with E-state index in [1.807, 2.05) is 18.5 Å². The van der Waals surface area contributed by atoms with E-state index in [9.17, 15) is 0 Å². The lowest BCUT2D eigenvalue weighted by atomic mass is 10.5. The van der Waals surface area contributed by atoms with Gasteiger partial charge in [-0.25, -0.2) is 0 Å². The van der Waals surface area contributed by atoms with Gasteiger partial charge in [0.05, 0.1) is 0 Å². The largest absolute Gasteiger partial charge is 0.264 e. The summed E-state index contributed by atoms with van der Waals surface area (Å²) in [6, 6.07) is 4.11. The molecule has 0 saturated heterocycles. The van der Waals surface area contributed by atoms with Crippen molar-refractivity contribution in [2.45, 2.75) is 0 Å². The Morgan fingerprint density at radius 3 is 2.56 bits per heavy atom. The van der Waals surface area contributed by atoms with E-state index in [0.29, 0.717) is 0 Å². The van der Waals surface area contributed by atoms with Crippen molar-refractivity contribution >= 4 is 13.2 Å². The Labute approximate surface area is 56.9 Å². The van der Waals surface area contributed by atoms with E-state index >= 15 is 0 Å². The third-order valence-electron chi connectivity index (χ3n) is 1.16. The van der Waals surface area contributed by atoms with Crippen LogP contribution in [0.25, 0.3) is 0 Å². The van der Waals surface area contributed by atoms with Crippen LogP contribution in [-0.4, -0.2) is 18.3 Å². The van der Waals surface area contributed by atoms with Crippen LogP contribution in [0.2, 0.25) is 0 Å². The van der Waals surface area contributed by atoms with Crippen LogP contribution < -0.4 is 5.30 Å². The molecule has 1 rings (SSSR count). The summed E-state index contributed by atoms with van der Waals surface area (Å²) in [4.78, 5) is 4.02. The zero-order chi connectivity index (χ0) is 6.69. The van der Waals surface area contributed by atoms with E-state index in [0.717, 1.165) is 0 Å². The molecule has 1 nitrogen and oxygen atoms in total. The quantitative estimate of drug-likeness (QED) is 0.536. The molecular weight excluding hydrogens is 129 g/mol. The Balaban J connectivity index is 2.85. The van der Waals surface area contributed by atoms with Crippen LogP contribution in [0, 0.1) is 0 Å². The second-order valence-electron chi connectivity index (χ2n) is 2.11. The second kappa shape index (κ2) is 2.93. The molecule has 0 saturated carbocycles. The highest BCUT2D eigenvalue weighted by Gasteiger charge is 1.93. The number of aromatic nitrogens is 1. The average molecular weight is 139 g/mol. The first-order chi connectivity index (χ1) is 4.30. The van der Waals surface area contributed by atoms with Gasteiger partial charge in [-0.2, -0.15) is 0 Å². The van der Waals surface area contributed by atoms with Crippen LogP contribution in [0.4, 0.5) is 0 Å². The minimum Gasteiger partial charge on any atom is -0.264 e. The van der Waals surface area contributed by atoms with Gasteiger partial charge in [0.1, 0.15) is 0 Å². The summed E-state index contributed by atoms with van der Waals surface area (Å²) in [6.07, 6.45) is 3.74. The Morgan fingerprint density at radius 2 is 2.22 bits per heavy atom. The van der Waals surface area contributed by atoms with Gasteiger partial charge in [0.15, 0.2) is 0 Å². The third kappa shape index (κ3) is 1.76. The first-order valence-corrected chi connectivity index (χ1v) is 5.11. The summed E-state index contributed by atoms with van der Waals surface area (Å²) in [6.45, 7) is 4.46. The van der Waals surface area contributed by atoms with E-state index in [1.165, 1.54) is 5.30 Å². The molecular formula is C7H10NP. The summed E-state index contributed by atoms with van der Waals surface area (Å²) in [7, 11) is 0.0419. The molecule has 1 heterocycles. The van der Waals surface area contributed by atoms with E-state index in [4.69, 9.17) is 0 Å². The maximum absolute atomic E-state index is 4.02. The standard InChI is InChI=1S/C7H10NP/c1-9(2)7-4-3-5-8-6-7/h3-6H,1-2H3. The number of pyridine rings is 1. The van der Waals surface area contributed by atoms with E-state index in [2.05, 4.69) is 24.4 Å². The fourth-order valence-electron chi connectivity index (χ4n) is 0.618. The minimum atomic E-state index is 0.0419. The van der Waals surface area contributed by atoms with Gasteiger partial charge >= 0.3 is 0 Å². The molecule has 0 radical (unpaired) electrons. The fourth-order valence-corrected chi connectivity index (χ4v) is 1.30. The summed E-state index contributed by atoms with van der Waals surface area (Å²) in [5.74, 6) is 0. The molecule has 1 aromatic rings. The van der Waals surface area contributed by atoms with Crippen molar-refractivity contribution in [2.75, 3.05) is 13.3 Å². The van der Waals surface area contributed by atoms with Crippen LogP contribution in [-0.2, 0) is 0 Å². The van der Waals surface area contributed by atoms with E-state index in [-0.39, 0.29) is 7.92 Å². The van der Waals surface area contributed by atoms with E-state index in [1.54, 1.807) is 0 Å². The lowest BCUT2D eigenvalue weighted by Gasteiger charge is -2.01. The minimum absolute atomic E-state index is 0.0419. The molecule has 0 bridgehead atoms. The van der Waals surface area contributed by atoms with Gasteiger partial charge in [-0.1, -0.05) is 14.0 Å². The number of nitrogens with zero attached hydrogens (tertiary/aromatic N) is 1. The molecule has 0 unspecified atom stereocenters. The third-order valence-corrected chi connectivity index (χ3v) is 2.46. The molecule has 0 aliphatic heterocycles. The van der Waals surface area contributed by atoms with Gasteiger partial charge in [0.25, 0.3) is 0 Å². The SMILES string of the molecule is CP(C)c1cccnc1. The first-order valence-electron chi connectivity index (χ1n) is 2.88. The van der Waals surface area contributed by atoms with Crippen molar-refractivity contribution in [1.29, 1.82) is 0 Å². The second-order valence-corrected chi connectivity index (χ2v) is 4.41. The van der Waals surface area contributed by atoms with Gasteiger partial charge in [0, 0.05) is 12.4 Å². The molecule has 0 N–H and O–H groups in total. The molecule has 2 heteroatoms. The highest BCUT2D eigenvalue weighted by molar-refractivity contribution is 7.64. The van der Waals surface area contributed by atoms with E-state index < -0.39 is 0 Å². The van der Waals surface area contributed by atoms with Crippen molar-refractivity contribution < 1.29 is 0 Å². The van der Waals surface area contributed by atoms with Crippen molar-refractivity contribution in [2.24, 2.45) is 0 Å². The van der Waals surface area contributed by atoms with Crippen molar-refractivity contribution in [1.82, 2.24) is 4.98 Å². The Hall–Kier alpha value is -0.420. The maximum atomic E-state index is 4.02. The molecule has 48 valence electrons. The predicted molar refractivity (Wildman–Crippen MR) is 42.6 cm³/mol. The van der Waals surface area contributed by atoms with Crippen molar-refractivity contribution in [3.05, 3.63) is 24.5 Å². The molecule has 0 spiro atoms. The molecule has 0 aliphatic rings. The lowest BCUT2D eigenvalue weighted by molar-refractivity contribution is 1.35. The summed E-state index contributed by atoms with van der Waals surface area (Å²) < 4.78 is 0.